The van der Waals surface area contributed by atoms with Crippen molar-refractivity contribution in [2.75, 3.05) is 20.1 Å². The van der Waals surface area contributed by atoms with Crippen molar-refractivity contribution in [1.82, 2.24) is 4.90 Å². The van der Waals surface area contributed by atoms with Crippen LogP contribution in [0.4, 0.5) is 4.39 Å². The van der Waals surface area contributed by atoms with Gasteiger partial charge in [-0.05, 0) is 26.3 Å². The Labute approximate surface area is 67.6 Å². The highest BCUT2D eigenvalue weighted by Gasteiger charge is 2.28. The lowest BCUT2D eigenvalue weighted by Crippen LogP contribution is -2.30. The molecule has 3 unspecified atom stereocenters. The molecule has 0 aliphatic carbocycles. The molecule has 0 saturated carbocycles. The molecule has 0 aromatic heterocycles. The summed E-state index contributed by atoms with van der Waals surface area (Å²) in [6.07, 6.45) is -0.0940. The number of halogens is 1. The molecule has 1 rings (SSSR count). The zero-order valence-electron chi connectivity index (χ0n) is 7.26. The molecule has 2 nitrogen and oxygen atoms in total. The smallest absolute Gasteiger partial charge is 0.0977 e. The fraction of sp³-hybridized carbons (Fsp3) is 1.00. The molecular weight excluding hydrogens is 143 g/mol. The third-order valence-corrected chi connectivity index (χ3v) is 2.30. The predicted octanol–water partition coefficient (Wildman–Crippen LogP) is 0.623. The highest BCUT2D eigenvalue weighted by Crippen LogP contribution is 2.19. The van der Waals surface area contributed by atoms with Crippen LogP contribution in [0.25, 0.3) is 0 Å². The molecule has 0 amide bonds. The van der Waals surface area contributed by atoms with Gasteiger partial charge in [0.25, 0.3) is 0 Å². The van der Waals surface area contributed by atoms with Gasteiger partial charge in [0, 0.05) is 19.1 Å². The Morgan fingerprint density at radius 3 is 2.64 bits per heavy atom. The van der Waals surface area contributed by atoms with Crippen LogP contribution in [0.5, 0.6) is 0 Å². The van der Waals surface area contributed by atoms with Gasteiger partial charge in [-0.25, -0.2) is 4.39 Å². The first-order valence-corrected chi connectivity index (χ1v) is 4.17. The summed E-state index contributed by atoms with van der Waals surface area (Å²) in [5.74, 6) is 0.361. The first kappa shape index (κ1) is 8.94. The molecule has 0 spiro atoms. The molecule has 3 heteroatoms. The average molecular weight is 160 g/mol. The summed E-state index contributed by atoms with van der Waals surface area (Å²) in [6.45, 7) is 3.47. The van der Waals surface area contributed by atoms with E-state index in [1.165, 1.54) is 0 Å². The molecule has 0 aromatic rings. The third-order valence-electron chi connectivity index (χ3n) is 2.30. The molecule has 1 aliphatic rings. The maximum atomic E-state index is 12.6. The van der Waals surface area contributed by atoms with Gasteiger partial charge in [0.15, 0.2) is 0 Å². The minimum Gasteiger partial charge on any atom is -0.326 e. The lowest BCUT2D eigenvalue weighted by Gasteiger charge is -2.13. The Morgan fingerprint density at radius 2 is 2.27 bits per heavy atom. The minimum atomic E-state index is -0.711. The normalized spacial score (nSPS) is 36.0. The van der Waals surface area contributed by atoms with E-state index >= 15 is 0 Å². The summed E-state index contributed by atoms with van der Waals surface area (Å²) < 4.78 is 12.6. The molecule has 0 radical (unpaired) electrons. The molecule has 3 atom stereocenters. The summed E-state index contributed by atoms with van der Waals surface area (Å²) in [5.41, 5.74) is 5.81. The number of nitrogens with two attached hydrogens (primary N) is 1. The maximum Gasteiger partial charge on any atom is 0.0977 e. The van der Waals surface area contributed by atoms with Gasteiger partial charge in [0.2, 0.25) is 0 Å². The number of hydrogen-bond donors (Lipinski definition) is 1. The molecule has 0 bridgehead atoms. The average Bonchev–Trinajstić information content (AvgIpc) is 2.09. The van der Waals surface area contributed by atoms with Crippen molar-refractivity contribution in [2.24, 2.45) is 11.7 Å². The van der Waals surface area contributed by atoms with Crippen LogP contribution in [-0.4, -0.2) is 37.3 Å². The number of hydrogen-bond acceptors (Lipinski definition) is 2. The van der Waals surface area contributed by atoms with E-state index in [0.717, 1.165) is 13.1 Å². The lowest BCUT2D eigenvalue weighted by molar-refractivity contribution is 0.278. The molecular formula is C8H17FN2. The molecule has 66 valence electrons. The Hall–Kier alpha value is -0.150. The summed E-state index contributed by atoms with van der Waals surface area (Å²) in [7, 11) is 2.03. The first-order valence-electron chi connectivity index (χ1n) is 4.17. The van der Waals surface area contributed by atoms with E-state index in [0.29, 0.717) is 12.3 Å². The van der Waals surface area contributed by atoms with Gasteiger partial charge in [-0.3, -0.25) is 0 Å². The molecule has 1 fully saturated rings. The second kappa shape index (κ2) is 3.50. The van der Waals surface area contributed by atoms with Crippen LogP contribution >= 0.6 is 0 Å². The highest BCUT2D eigenvalue weighted by molar-refractivity contribution is 4.85. The Kier molecular flexibility index (Phi) is 2.84. The summed E-state index contributed by atoms with van der Waals surface area (Å²) in [6, 6.07) is 0.179. The van der Waals surface area contributed by atoms with E-state index in [2.05, 4.69) is 4.90 Å². The largest absolute Gasteiger partial charge is 0.326 e. The maximum absolute atomic E-state index is 12.6. The predicted molar refractivity (Wildman–Crippen MR) is 44.1 cm³/mol. The fourth-order valence-corrected chi connectivity index (χ4v) is 1.79. The summed E-state index contributed by atoms with van der Waals surface area (Å²) in [4.78, 5) is 2.16. The number of likely N-dealkylation sites (N-methyl/N-ethyl adjacent to an activating group) is 1. The van der Waals surface area contributed by atoms with E-state index in [1.54, 1.807) is 6.92 Å². The minimum absolute atomic E-state index is 0.179. The van der Waals surface area contributed by atoms with Gasteiger partial charge in [-0.15, -0.1) is 0 Å². The van der Waals surface area contributed by atoms with Crippen LogP contribution in [0.3, 0.4) is 0 Å². The van der Waals surface area contributed by atoms with E-state index in [4.69, 9.17) is 5.73 Å². The summed E-state index contributed by atoms with van der Waals surface area (Å²) >= 11 is 0. The Balaban J connectivity index is 2.34. The third kappa shape index (κ3) is 2.42. The first-order chi connectivity index (χ1) is 5.09. The van der Waals surface area contributed by atoms with Gasteiger partial charge in [-0.2, -0.15) is 0 Å². The molecule has 2 N–H and O–H groups in total. The van der Waals surface area contributed by atoms with Crippen molar-refractivity contribution < 1.29 is 4.39 Å². The van der Waals surface area contributed by atoms with Crippen molar-refractivity contribution in [3.63, 3.8) is 0 Å². The van der Waals surface area contributed by atoms with Crippen molar-refractivity contribution >= 4 is 0 Å². The van der Waals surface area contributed by atoms with Crippen LogP contribution in [0.15, 0.2) is 0 Å². The fourth-order valence-electron chi connectivity index (χ4n) is 1.79. The SMILES string of the molecule is CC(F)CC1CN(C)CC1N. The van der Waals surface area contributed by atoms with Gasteiger partial charge in [0.05, 0.1) is 6.17 Å². The second-order valence-corrected chi connectivity index (χ2v) is 3.66. The number of nitrogens with zero attached hydrogens (tertiary/aromatic N) is 1. The molecule has 1 aliphatic heterocycles. The quantitative estimate of drug-likeness (QED) is 0.641. The molecule has 11 heavy (non-hydrogen) atoms. The van der Waals surface area contributed by atoms with Gasteiger partial charge in [0.1, 0.15) is 0 Å². The lowest BCUT2D eigenvalue weighted by atomic mass is 9.98. The van der Waals surface area contributed by atoms with Crippen LogP contribution in [0.2, 0.25) is 0 Å². The van der Waals surface area contributed by atoms with Crippen LogP contribution in [-0.2, 0) is 0 Å². The number of rotatable bonds is 2. The van der Waals surface area contributed by atoms with Crippen LogP contribution < -0.4 is 5.73 Å². The van der Waals surface area contributed by atoms with Crippen molar-refractivity contribution in [3.8, 4) is 0 Å². The monoisotopic (exact) mass is 160 g/mol. The Morgan fingerprint density at radius 1 is 1.64 bits per heavy atom. The summed E-state index contributed by atoms with van der Waals surface area (Å²) in [5, 5.41) is 0. The van der Waals surface area contributed by atoms with E-state index < -0.39 is 6.17 Å². The van der Waals surface area contributed by atoms with Crippen molar-refractivity contribution in [1.29, 1.82) is 0 Å². The van der Waals surface area contributed by atoms with Crippen LogP contribution in [0, 0.1) is 5.92 Å². The van der Waals surface area contributed by atoms with Gasteiger partial charge in [-0.1, -0.05) is 0 Å². The highest BCUT2D eigenvalue weighted by atomic mass is 19.1. The zero-order chi connectivity index (χ0) is 8.43. The standard InChI is InChI=1S/C8H17FN2/c1-6(9)3-7-4-11(2)5-8(7)10/h6-8H,3-5,10H2,1-2H3. The van der Waals surface area contributed by atoms with Crippen molar-refractivity contribution in [3.05, 3.63) is 0 Å². The molecule has 1 heterocycles. The molecule has 1 saturated heterocycles. The van der Waals surface area contributed by atoms with E-state index in [-0.39, 0.29) is 6.04 Å². The van der Waals surface area contributed by atoms with Crippen molar-refractivity contribution in [2.45, 2.75) is 25.6 Å². The zero-order valence-corrected chi connectivity index (χ0v) is 7.26. The second-order valence-electron chi connectivity index (χ2n) is 3.66. The van der Waals surface area contributed by atoms with E-state index in [9.17, 15) is 4.39 Å². The van der Waals surface area contributed by atoms with Crippen LogP contribution in [0.1, 0.15) is 13.3 Å². The Bertz CT molecular complexity index is 127. The van der Waals surface area contributed by atoms with Gasteiger partial charge >= 0.3 is 0 Å². The number of alkyl halides is 1. The molecule has 0 aromatic carbocycles. The van der Waals surface area contributed by atoms with E-state index in [1.807, 2.05) is 7.05 Å². The van der Waals surface area contributed by atoms with Gasteiger partial charge < -0.3 is 10.6 Å². The topological polar surface area (TPSA) is 29.3 Å². The number of likely N-dealkylation sites (tertiary alicyclic amines) is 1.